The molecule has 0 aliphatic heterocycles. The molecular weight excluding hydrogens is 796 g/mol. The number of hydrogen-bond donors (Lipinski definition) is 0. The first-order valence-corrected chi connectivity index (χ1v) is 21.4. The molecule has 0 saturated heterocycles. The second-order valence-electron chi connectivity index (χ2n) is 14.5. The third kappa shape index (κ3) is 15.4. The summed E-state index contributed by atoms with van der Waals surface area (Å²) in [7, 11) is 0. The summed E-state index contributed by atoms with van der Waals surface area (Å²) >= 11 is 6.31. The zero-order valence-electron chi connectivity index (χ0n) is 34.8. The first-order chi connectivity index (χ1) is 29.7. The Morgan fingerprint density at radius 1 is 0.377 bits per heavy atom. The molecular formula is C50H53ClO10. The van der Waals surface area contributed by atoms with Crippen molar-refractivity contribution >= 4 is 35.5 Å². The Kier molecular flexibility index (Phi) is 18.7. The highest BCUT2D eigenvalue weighted by molar-refractivity contribution is 6.33. The van der Waals surface area contributed by atoms with Crippen LogP contribution in [0.5, 0.6) is 34.5 Å². The third-order valence-corrected chi connectivity index (χ3v) is 9.96. The second kappa shape index (κ2) is 24.8. The summed E-state index contributed by atoms with van der Waals surface area (Å²) in [4.78, 5) is 51.6. The molecule has 320 valence electrons. The molecule has 61 heavy (non-hydrogen) atoms. The Labute approximate surface area is 363 Å². The van der Waals surface area contributed by atoms with Crippen LogP contribution in [0.3, 0.4) is 0 Å². The number of hydrogen-bond acceptors (Lipinski definition) is 10. The summed E-state index contributed by atoms with van der Waals surface area (Å²) in [5.41, 5.74) is 0.850. The molecule has 0 amide bonds. The van der Waals surface area contributed by atoms with Gasteiger partial charge in [-0.3, -0.25) is 0 Å². The number of esters is 4. The molecule has 0 fully saturated rings. The molecule has 10 nitrogen and oxygen atoms in total. The van der Waals surface area contributed by atoms with E-state index >= 15 is 0 Å². The summed E-state index contributed by atoms with van der Waals surface area (Å²) < 4.78 is 33.6. The van der Waals surface area contributed by atoms with Crippen LogP contribution in [0.25, 0.3) is 0 Å². The van der Waals surface area contributed by atoms with Gasteiger partial charge in [0.2, 0.25) is 0 Å². The van der Waals surface area contributed by atoms with E-state index in [0.717, 1.165) is 25.7 Å². The fourth-order valence-electron chi connectivity index (χ4n) is 6.14. The first kappa shape index (κ1) is 45.9. The summed E-state index contributed by atoms with van der Waals surface area (Å²) in [5.74, 6) is -0.534. The van der Waals surface area contributed by atoms with E-state index in [0.29, 0.717) is 35.8 Å². The van der Waals surface area contributed by atoms with E-state index in [-0.39, 0.29) is 39.1 Å². The van der Waals surface area contributed by atoms with Crippen molar-refractivity contribution < 1.29 is 47.6 Å². The molecule has 0 atom stereocenters. The predicted octanol–water partition coefficient (Wildman–Crippen LogP) is 12.7. The number of unbranched alkanes of at least 4 members (excludes halogenated alkanes) is 10. The molecule has 0 aromatic heterocycles. The Bertz CT molecular complexity index is 2150. The quantitative estimate of drug-likeness (QED) is 0.0337. The van der Waals surface area contributed by atoms with Gasteiger partial charge in [-0.2, -0.15) is 0 Å². The second-order valence-corrected chi connectivity index (χ2v) is 14.9. The maximum absolute atomic E-state index is 13.1. The lowest BCUT2D eigenvalue weighted by atomic mass is 10.1. The minimum absolute atomic E-state index is 0.0402. The van der Waals surface area contributed by atoms with Crippen LogP contribution in [-0.4, -0.2) is 37.1 Å². The van der Waals surface area contributed by atoms with Gasteiger partial charge in [-0.1, -0.05) is 89.7 Å². The predicted molar refractivity (Wildman–Crippen MR) is 235 cm³/mol. The minimum atomic E-state index is -0.798. The van der Waals surface area contributed by atoms with E-state index < -0.39 is 23.9 Å². The van der Waals surface area contributed by atoms with Crippen LogP contribution < -0.4 is 28.4 Å². The molecule has 5 aromatic carbocycles. The van der Waals surface area contributed by atoms with Crippen molar-refractivity contribution in [3.8, 4) is 34.5 Å². The highest BCUT2D eigenvalue weighted by Gasteiger charge is 2.18. The third-order valence-electron chi connectivity index (χ3n) is 9.63. The lowest BCUT2D eigenvalue weighted by molar-refractivity contribution is 0.0713. The van der Waals surface area contributed by atoms with Gasteiger partial charge in [-0.05, 0) is 128 Å². The fraction of sp³-hybridized carbons (Fsp3) is 0.320. The van der Waals surface area contributed by atoms with E-state index in [1.165, 1.54) is 118 Å². The standard InChI is InChI=1S/C50H53ClO10/c1-3-5-7-9-11-13-33-56-39-21-15-36(16-22-39)47(52)58-41-25-19-38(20-26-41)49(54)61-44-31-32-46(51)45(35-44)50(55)60-43-29-27-42(28-30-43)59-48(53)37-17-23-40(24-18-37)57-34-14-12-10-8-6-4-2/h15-32,35H,3-14,33-34H2,1-2H3. The van der Waals surface area contributed by atoms with Crippen LogP contribution in [0.1, 0.15) is 132 Å². The molecule has 0 aliphatic carbocycles. The van der Waals surface area contributed by atoms with Crippen molar-refractivity contribution in [3.63, 3.8) is 0 Å². The Balaban J connectivity index is 1.06. The van der Waals surface area contributed by atoms with Crippen LogP contribution in [0.2, 0.25) is 5.02 Å². The maximum atomic E-state index is 13.1. The molecule has 0 spiro atoms. The van der Waals surface area contributed by atoms with Crippen LogP contribution >= 0.6 is 11.6 Å². The van der Waals surface area contributed by atoms with Gasteiger partial charge in [0, 0.05) is 0 Å². The zero-order valence-corrected chi connectivity index (χ0v) is 35.6. The van der Waals surface area contributed by atoms with Crippen LogP contribution in [0.4, 0.5) is 0 Å². The average Bonchev–Trinajstić information content (AvgIpc) is 3.27. The van der Waals surface area contributed by atoms with Gasteiger partial charge in [0.1, 0.15) is 34.5 Å². The van der Waals surface area contributed by atoms with Gasteiger partial charge in [0.25, 0.3) is 0 Å². The van der Waals surface area contributed by atoms with Gasteiger partial charge < -0.3 is 28.4 Å². The van der Waals surface area contributed by atoms with Crippen molar-refractivity contribution in [3.05, 3.63) is 143 Å². The highest BCUT2D eigenvalue weighted by Crippen LogP contribution is 2.27. The van der Waals surface area contributed by atoms with Crippen LogP contribution in [0.15, 0.2) is 115 Å². The monoisotopic (exact) mass is 848 g/mol. The summed E-state index contributed by atoms with van der Waals surface area (Å²) in [6, 6.07) is 29.5. The molecule has 0 saturated carbocycles. The van der Waals surface area contributed by atoms with E-state index in [9.17, 15) is 19.2 Å². The number of rotatable bonds is 24. The van der Waals surface area contributed by atoms with Crippen LogP contribution in [0, 0.1) is 0 Å². The molecule has 5 rings (SSSR count). The summed E-state index contributed by atoms with van der Waals surface area (Å²) in [5, 5.41) is 0.0793. The first-order valence-electron chi connectivity index (χ1n) is 21.1. The average molecular weight is 849 g/mol. The maximum Gasteiger partial charge on any atom is 0.345 e. The Morgan fingerprint density at radius 3 is 1.10 bits per heavy atom. The van der Waals surface area contributed by atoms with Gasteiger partial charge >= 0.3 is 23.9 Å². The van der Waals surface area contributed by atoms with E-state index in [1.54, 1.807) is 48.5 Å². The molecule has 0 aliphatic rings. The number of halogens is 1. The van der Waals surface area contributed by atoms with Gasteiger partial charge in [-0.25, -0.2) is 19.2 Å². The van der Waals surface area contributed by atoms with Gasteiger partial charge in [0.05, 0.1) is 40.5 Å². The smallest absolute Gasteiger partial charge is 0.345 e. The Hall–Kier alpha value is -6.13. The highest BCUT2D eigenvalue weighted by atomic mass is 35.5. The molecule has 0 unspecified atom stereocenters. The summed E-state index contributed by atoms with van der Waals surface area (Å²) in [6.45, 7) is 5.65. The molecule has 0 heterocycles. The van der Waals surface area contributed by atoms with Gasteiger partial charge in [-0.15, -0.1) is 0 Å². The number of carbonyl (C=O) groups is 4. The van der Waals surface area contributed by atoms with Crippen molar-refractivity contribution in [1.82, 2.24) is 0 Å². The molecule has 5 aromatic rings. The SMILES string of the molecule is CCCCCCCCOc1ccc(C(=O)Oc2ccc(OC(=O)c3cc(OC(=O)c4ccc(OC(=O)c5ccc(OCCCCCCCC)cc5)cc4)ccc3Cl)cc2)cc1. The fourth-order valence-corrected chi connectivity index (χ4v) is 6.33. The Morgan fingerprint density at radius 2 is 0.689 bits per heavy atom. The zero-order chi connectivity index (χ0) is 43.2. The molecule has 0 radical (unpaired) electrons. The van der Waals surface area contributed by atoms with Gasteiger partial charge in [0.15, 0.2) is 0 Å². The van der Waals surface area contributed by atoms with E-state index in [4.69, 9.17) is 40.0 Å². The number of carbonyl (C=O) groups excluding carboxylic acids is 4. The van der Waals surface area contributed by atoms with E-state index in [1.807, 2.05) is 0 Å². The molecule has 11 heteroatoms. The number of benzene rings is 5. The lowest BCUT2D eigenvalue weighted by Gasteiger charge is -2.10. The molecule has 0 bridgehead atoms. The lowest BCUT2D eigenvalue weighted by Crippen LogP contribution is -2.12. The number of ether oxygens (including phenoxy) is 6. The van der Waals surface area contributed by atoms with Crippen molar-refractivity contribution in [2.75, 3.05) is 13.2 Å². The van der Waals surface area contributed by atoms with Crippen molar-refractivity contribution in [1.29, 1.82) is 0 Å². The topological polar surface area (TPSA) is 124 Å². The van der Waals surface area contributed by atoms with E-state index in [2.05, 4.69) is 13.8 Å². The van der Waals surface area contributed by atoms with Crippen molar-refractivity contribution in [2.45, 2.75) is 90.9 Å². The minimum Gasteiger partial charge on any atom is -0.494 e. The normalized spacial score (nSPS) is 10.7. The largest absolute Gasteiger partial charge is 0.494 e. The molecule has 0 N–H and O–H groups in total. The van der Waals surface area contributed by atoms with Crippen molar-refractivity contribution in [2.24, 2.45) is 0 Å². The van der Waals surface area contributed by atoms with Crippen LogP contribution in [-0.2, 0) is 0 Å². The summed E-state index contributed by atoms with van der Waals surface area (Å²) in [6.07, 6.45) is 14.1.